The molecule has 6 heteroatoms. The Hall–Kier alpha value is -3.93. The molecule has 1 saturated heterocycles. The first kappa shape index (κ1) is 20.7. The topological polar surface area (TPSA) is 59.7 Å². The van der Waals surface area contributed by atoms with Crippen LogP contribution in [0.25, 0.3) is 16.8 Å². The van der Waals surface area contributed by atoms with E-state index in [1.54, 1.807) is 0 Å². The van der Waals surface area contributed by atoms with Gasteiger partial charge in [-0.15, -0.1) is 0 Å². The first-order chi connectivity index (χ1) is 16.7. The number of hydrogen-bond acceptors (Lipinski definition) is 4. The summed E-state index contributed by atoms with van der Waals surface area (Å²) < 4.78 is 8.16. The van der Waals surface area contributed by atoms with Gasteiger partial charge in [-0.2, -0.15) is 0 Å². The van der Waals surface area contributed by atoms with Crippen LogP contribution in [0.5, 0.6) is 11.6 Å². The highest BCUT2D eigenvalue weighted by atomic mass is 16.5. The van der Waals surface area contributed by atoms with Crippen molar-refractivity contribution in [2.24, 2.45) is 0 Å². The average molecular weight is 451 g/mol. The Kier molecular flexibility index (Phi) is 5.13. The summed E-state index contributed by atoms with van der Waals surface area (Å²) in [5.74, 6) is 2.36. The highest BCUT2D eigenvalue weighted by Crippen LogP contribution is 2.41. The van der Waals surface area contributed by atoms with Crippen LogP contribution in [0.4, 0.5) is 0 Å². The van der Waals surface area contributed by atoms with Crippen LogP contribution in [0.1, 0.15) is 42.2 Å². The SMILES string of the molecule is C=CC(=O)N1CCC(c2cc(-c3ccc(Oc4cc(C5CC5)ccn4)cc3)n3cnccc23)C1. The Morgan fingerprint density at radius 3 is 2.68 bits per heavy atom. The maximum atomic E-state index is 12.1. The molecular formula is C28H26N4O2. The Balaban J connectivity index is 1.27. The summed E-state index contributed by atoms with van der Waals surface area (Å²) in [4.78, 5) is 22.7. The van der Waals surface area contributed by atoms with Crippen LogP contribution >= 0.6 is 0 Å². The minimum atomic E-state index is 0.000603. The normalized spacial score (nSPS) is 17.8. The number of benzene rings is 1. The predicted molar refractivity (Wildman–Crippen MR) is 131 cm³/mol. The first-order valence-electron chi connectivity index (χ1n) is 11.8. The molecule has 2 aliphatic rings. The van der Waals surface area contributed by atoms with Crippen LogP contribution in [0.15, 0.2) is 79.9 Å². The van der Waals surface area contributed by atoms with E-state index >= 15 is 0 Å². The molecule has 3 aromatic heterocycles. The number of amides is 1. The van der Waals surface area contributed by atoms with Gasteiger partial charge in [0.2, 0.25) is 11.8 Å². The number of carbonyl (C=O) groups is 1. The lowest BCUT2D eigenvalue weighted by Crippen LogP contribution is -2.26. The second kappa shape index (κ2) is 8.45. The zero-order chi connectivity index (χ0) is 23.1. The van der Waals surface area contributed by atoms with Crippen LogP contribution in [0, 0.1) is 0 Å². The molecule has 34 heavy (non-hydrogen) atoms. The third-order valence-electron chi connectivity index (χ3n) is 6.90. The number of rotatable bonds is 6. The largest absolute Gasteiger partial charge is 0.439 e. The Bertz CT molecular complexity index is 1370. The molecule has 1 aromatic carbocycles. The number of nitrogens with zero attached hydrogens (tertiary/aromatic N) is 4. The molecule has 4 heterocycles. The van der Waals surface area contributed by atoms with Crippen molar-refractivity contribution in [1.82, 2.24) is 19.3 Å². The quantitative estimate of drug-likeness (QED) is 0.361. The van der Waals surface area contributed by atoms with Crippen molar-refractivity contribution < 1.29 is 9.53 Å². The smallest absolute Gasteiger partial charge is 0.245 e. The van der Waals surface area contributed by atoms with E-state index in [2.05, 4.69) is 45.2 Å². The zero-order valence-electron chi connectivity index (χ0n) is 18.9. The fraction of sp³-hybridized carbons (Fsp3) is 0.250. The summed E-state index contributed by atoms with van der Waals surface area (Å²) in [6.07, 6.45) is 10.4. The van der Waals surface area contributed by atoms with Crippen molar-refractivity contribution >= 4 is 11.4 Å². The second-order valence-electron chi connectivity index (χ2n) is 9.12. The van der Waals surface area contributed by atoms with E-state index in [0.717, 1.165) is 35.5 Å². The molecule has 4 aromatic rings. The number of pyridine rings is 1. The zero-order valence-corrected chi connectivity index (χ0v) is 18.9. The highest BCUT2D eigenvalue weighted by molar-refractivity contribution is 5.87. The van der Waals surface area contributed by atoms with Crippen LogP contribution in [0.3, 0.4) is 0 Å². The van der Waals surface area contributed by atoms with Crippen molar-refractivity contribution in [3.05, 3.63) is 91.0 Å². The number of fused-ring (bicyclic) bond motifs is 1. The summed E-state index contributed by atoms with van der Waals surface area (Å²) >= 11 is 0. The van der Waals surface area contributed by atoms with Gasteiger partial charge in [-0.05, 0) is 90.4 Å². The van der Waals surface area contributed by atoms with Gasteiger partial charge in [-0.25, -0.2) is 9.97 Å². The number of aromatic nitrogens is 3. The van der Waals surface area contributed by atoms with E-state index in [9.17, 15) is 4.79 Å². The van der Waals surface area contributed by atoms with Crippen LogP contribution in [-0.4, -0.2) is 38.3 Å². The summed E-state index contributed by atoms with van der Waals surface area (Å²) in [6, 6.07) is 16.5. The Morgan fingerprint density at radius 2 is 1.88 bits per heavy atom. The summed E-state index contributed by atoms with van der Waals surface area (Å²) in [5, 5.41) is 0. The van der Waals surface area contributed by atoms with Crippen molar-refractivity contribution in [3.63, 3.8) is 0 Å². The minimum Gasteiger partial charge on any atom is -0.439 e. The van der Waals surface area contributed by atoms with Crippen LogP contribution < -0.4 is 4.74 Å². The Labute approximate surface area is 198 Å². The van der Waals surface area contributed by atoms with Gasteiger partial charge in [0.25, 0.3) is 0 Å². The third kappa shape index (κ3) is 3.85. The van der Waals surface area contributed by atoms with Crippen molar-refractivity contribution in [2.45, 2.75) is 31.1 Å². The first-order valence-corrected chi connectivity index (χ1v) is 11.8. The second-order valence-corrected chi connectivity index (χ2v) is 9.12. The number of carbonyl (C=O) groups excluding carboxylic acids is 1. The van der Waals surface area contributed by atoms with Gasteiger partial charge >= 0.3 is 0 Å². The fourth-order valence-electron chi connectivity index (χ4n) is 4.94. The van der Waals surface area contributed by atoms with Gasteiger partial charge < -0.3 is 14.0 Å². The third-order valence-corrected chi connectivity index (χ3v) is 6.90. The van der Waals surface area contributed by atoms with E-state index in [1.807, 2.05) is 47.9 Å². The van der Waals surface area contributed by atoms with Gasteiger partial charge in [-0.1, -0.05) is 6.58 Å². The van der Waals surface area contributed by atoms with E-state index in [0.29, 0.717) is 24.3 Å². The summed E-state index contributed by atoms with van der Waals surface area (Å²) in [6.45, 7) is 5.10. The number of ether oxygens (including phenoxy) is 1. The Morgan fingerprint density at radius 1 is 1.03 bits per heavy atom. The molecule has 0 radical (unpaired) electrons. The van der Waals surface area contributed by atoms with Crippen LogP contribution in [0.2, 0.25) is 0 Å². The molecule has 0 bridgehead atoms. The van der Waals surface area contributed by atoms with Crippen molar-refractivity contribution in [2.75, 3.05) is 13.1 Å². The van der Waals surface area contributed by atoms with Gasteiger partial charge in [0.15, 0.2) is 0 Å². The summed E-state index contributed by atoms with van der Waals surface area (Å²) in [7, 11) is 0. The molecule has 2 fully saturated rings. The number of hydrogen-bond donors (Lipinski definition) is 0. The molecule has 1 atom stereocenters. The van der Waals surface area contributed by atoms with Gasteiger partial charge in [0, 0.05) is 37.5 Å². The highest BCUT2D eigenvalue weighted by Gasteiger charge is 2.29. The van der Waals surface area contributed by atoms with E-state index in [4.69, 9.17) is 4.74 Å². The molecule has 0 spiro atoms. The molecule has 1 amide bonds. The van der Waals surface area contributed by atoms with Gasteiger partial charge in [-0.3, -0.25) is 4.79 Å². The van der Waals surface area contributed by atoms with E-state index in [1.165, 1.54) is 30.0 Å². The van der Waals surface area contributed by atoms with Crippen LogP contribution in [-0.2, 0) is 4.79 Å². The molecule has 6 rings (SSSR count). The molecule has 1 saturated carbocycles. The lowest BCUT2D eigenvalue weighted by Gasteiger charge is -2.13. The lowest BCUT2D eigenvalue weighted by atomic mass is 9.99. The molecule has 170 valence electrons. The molecule has 1 unspecified atom stereocenters. The molecule has 6 nitrogen and oxygen atoms in total. The standard InChI is InChI=1S/C28H26N4O2/c1-2-28(33)31-14-11-22(17-31)24-16-26(32-18-29-12-10-25(24)32)20-5-7-23(8-6-20)34-27-15-21(9-13-30-27)19-3-4-19/h2,5-10,12-13,15-16,18-19,22H,1,3-4,11,14,17H2. The predicted octanol–water partition coefficient (Wildman–Crippen LogP) is 5.57. The van der Waals surface area contributed by atoms with E-state index < -0.39 is 0 Å². The maximum absolute atomic E-state index is 12.1. The molecule has 1 aliphatic heterocycles. The van der Waals surface area contributed by atoms with E-state index in [-0.39, 0.29) is 5.91 Å². The minimum absolute atomic E-state index is 0.000603. The van der Waals surface area contributed by atoms with Gasteiger partial charge in [0.1, 0.15) is 5.75 Å². The van der Waals surface area contributed by atoms with Crippen molar-refractivity contribution in [3.8, 4) is 22.9 Å². The fourth-order valence-corrected chi connectivity index (χ4v) is 4.94. The summed E-state index contributed by atoms with van der Waals surface area (Å²) in [5.41, 5.74) is 5.84. The monoisotopic (exact) mass is 450 g/mol. The maximum Gasteiger partial charge on any atom is 0.245 e. The number of likely N-dealkylation sites (tertiary alicyclic amines) is 1. The molecular weight excluding hydrogens is 424 g/mol. The van der Waals surface area contributed by atoms with Gasteiger partial charge in [0.05, 0.1) is 17.5 Å². The molecule has 1 aliphatic carbocycles. The van der Waals surface area contributed by atoms with Crippen molar-refractivity contribution in [1.29, 1.82) is 0 Å². The lowest BCUT2D eigenvalue weighted by molar-refractivity contribution is -0.125. The molecule has 0 N–H and O–H groups in total. The average Bonchev–Trinajstić information content (AvgIpc) is 3.49.